The van der Waals surface area contributed by atoms with Crippen molar-refractivity contribution in [1.29, 1.82) is 0 Å². The lowest BCUT2D eigenvalue weighted by atomic mass is 9.96. The molecule has 1 aromatic heterocycles. The van der Waals surface area contributed by atoms with Gasteiger partial charge in [0.2, 0.25) is 0 Å². The smallest absolute Gasteiger partial charge is 0.338 e. The number of aromatic hydroxyl groups is 1. The first kappa shape index (κ1) is 24.0. The first-order valence-electron chi connectivity index (χ1n) is 10.7. The van der Waals surface area contributed by atoms with Crippen LogP contribution in [-0.2, 0) is 9.53 Å². The fourth-order valence-electron chi connectivity index (χ4n) is 3.78. The van der Waals surface area contributed by atoms with Gasteiger partial charge in [-0.3, -0.25) is 9.36 Å². The molecule has 2 heterocycles. The van der Waals surface area contributed by atoms with E-state index in [1.54, 1.807) is 42.7 Å². The molecule has 7 nitrogen and oxygen atoms in total. The summed E-state index contributed by atoms with van der Waals surface area (Å²) >= 11 is 4.55. The third kappa shape index (κ3) is 4.58. The highest BCUT2D eigenvalue weighted by molar-refractivity contribution is 9.10. The molecule has 34 heavy (non-hydrogen) atoms. The van der Waals surface area contributed by atoms with E-state index in [0.717, 1.165) is 11.1 Å². The van der Waals surface area contributed by atoms with Crippen LogP contribution in [0.5, 0.6) is 11.5 Å². The van der Waals surface area contributed by atoms with Crippen molar-refractivity contribution >= 4 is 39.3 Å². The molecule has 0 bridgehead atoms. The Hall–Kier alpha value is -3.17. The molecule has 1 aliphatic heterocycles. The number of esters is 1. The average Bonchev–Trinajstić information content (AvgIpc) is 3.10. The standard InChI is InChI=1S/C25H23BrN2O5S/c1-4-32-17-9-7-16(8-10-17)22-21(24(31)33-5-2)14(3)27-25-28(22)23(30)20(34-25)13-15-6-11-19(29)18(26)12-15/h6-13,22,29H,4-5H2,1-3H3/t22-/m1/s1. The normalized spacial score (nSPS) is 15.6. The van der Waals surface area contributed by atoms with E-state index in [0.29, 0.717) is 37.4 Å². The van der Waals surface area contributed by atoms with Crippen molar-refractivity contribution in [3.05, 3.63) is 89.0 Å². The minimum absolute atomic E-state index is 0.115. The molecule has 0 saturated carbocycles. The van der Waals surface area contributed by atoms with Gasteiger partial charge in [0.25, 0.3) is 5.56 Å². The van der Waals surface area contributed by atoms with Gasteiger partial charge in [0.1, 0.15) is 11.5 Å². The number of aromatic nitrogens is 1. The average molecular weight is 543 g/mol. The number of carbonyl (C=O) groups is 1. The highest BCUT2D eigenvalue weighted by atomic mass is 79.9. The second-order valence-corrected chi connectivity index (χ2v) is 9.38. The number of ether oxygens (including phenoxy) is 2. The van der Waals surface area contributed by atoms with E-state index in [1.807, 2.05) is 31.2 Å². The van der Waals surface area contributed by atoms with E-state index in [1.165, 1.54) is 11.3 Å². The quantitative estimate of drug-likeness (QED) is 0.480. The SMILES string of the molecule is CCOC(=O)C1=C(C)N=c2sc(=Cc3ccc(O)c(Br)c3)c(=O)n2[C@@H]1c1ccc(OCC)cc1. The van der Waals surface area contributed by atoms with Crippen LogP contribution in [0.2, 0.25) is 0 Å². The maximum absolute atomic E-state index is 13.6. The van der Waals surface area contributed by atoms with Gasteiger partial charge in [-0.25, -0.2) is 9.79 Å². The Kier molecular flexibility index (Phi) is 7.04. The van der Waals surface area contributed by atoms with Gasteiger partial charge >= 0.3 is 5.97 Å². The summed E-state index contributed by atoms with van der Waals surface area (Å²) in [5.41, 5.74) is 2.07. The van der Waals surface area contributed by atoms with Crippen LogP contribution < -0.4 is 19.6 Å². The van der Waals surface area contributed by atoms with Crippen molar-refractivity contribution in [2.24, 2.45) is 4.99 Å². The number of nitrogens with zero attached hydrogens (tertiary/aromatic N) is 2. The van der Waals surface area contributed by atoms with Crippen LogP contribution in [0.25, 0.3) is 6.08 Å². The number of benzene rings is 2. The zero-order chi connectivity index (χ0) is 24.4. The van der Waals surface area contributed by atoms with Crippen LogP contribution >= 0.6 is 27.3 Å². The van der Waals surface area contributed by atoms with Gasteiger partial charge in [0, 0.05) is 0 Å². The Bertz CT molecular complexity index is 1450. The summed E-state index contributed by atoms with van der Waals surface area (Å²) in [5, 5.41) is 9.77. The van der Waals surface area contributed by atoms with Crippen LogP contribution in [0.15, 0.2) is 68.0 Å². The maximum atomic E-state index is 13.6. The number of hydrogen-bond acceptors (Lipinski definition) is 7. The monoisotopic (exact) mass is 542 g/mol. The number of phenolic OH excluding ortho intramolecular Hbond substituents is 1. The number of rotatable bonds is 6. The Balaban J connectivity index is 1.91. The van der Waals surface area contributed by atoms with Crippen LogP contribution in [0, 0.1) is 0 Å². The summed E-state index contributed by atoms with van der Waals surface area (Å²) in [6.07, 6.45) is 1.74. The first-order valence-corrected chi connectivity index (χ1v) is 12.4. The zero-order valence-electron chi connectivity index (χ0n) is 18.9. The first-order chi connectivity index (χ1) is 16.3. The largest absolute Gasteiger partial charge is 0.507 e. The van der Waals surface area contributed by atoms with Gasteiger partial charge in [-0.1, -0.05) is 29.5 Å². The highest BCUT2D eigenvalue weighted by Gasteiger charge is 2.33. The molecule has 0 saturated heterocycles. The molecule has 0 radical (unpaired) electrons. The molecule has 4 rings (SSSR count). The minimum Gasteiger partial charge on any atom is -0.507 e. The second kappa shape index (κ2) is 9.99. The molecule has 1 N–H and O–H groups in total. The number of carbonyl (C=O) groups excluding carboxylic acids is 1. The topological polar surface area (TPSA) is 90.1 Å². The summed E-state index contributed by atoms with van der Waals surface area (Å²) < 4.78 is 13.4. The van der Waals surface area contributed by atoms with Crippen molar-refractivity contribution in [2.45, 2.75) is 26.8 Å². The molecule has 1 aliphatic rings. The summed E-state index contributed by atoms with van der Waals surface area (Å²) in [5.74, 6) is 0.318. The van der Waals surface area contributed by atoms with Crippen LogP contribution in [-0.4, -0.2) is 28.9 Å². The summed E-state index contributed by atoms with van der Waals surface area (Å²) in [7, 11) is 0. The Labute approximate surface area is 208 Å². The summed E-state index contributed by atoms with van der Waals surface area (Å²) in [6.45, 7) is 6.15. The van der Waals surface area contributed by atoms with Gasteiger partial charge in [0.05, 0.1) is 39.5 Å². The molecule has 1 atom stereocenters. The fourth-order valence-corrected chi connectivity index (χ4v) is 5.23. The lowest BCUT2D eigenvalue weighted by molar-refractivity contribution is -0.139. The number of fused-ring (bicyclic) bond motifs is 1. The number of thiazole rings is 1. The van der Waals surface area contributed by atoms with Gasteiger partial charge in [-0.2, -0.15) is 0 Å². The van der Waals surface area contributed by atoms with E-state index in [9.17, 15) is 14.7 Å². The number of halogens is 1. The van der Waals surface area contributed by atoms with Crippen molar-refractivity contribution in [3.63, 3.8) is 0 Å². The maximum Gasteiger partial charge on any atom is 0.338 e. The van der Waals surface area contributed by atoms with Gasteiger partial charge in [0.15, 0.2) is 4.80 Å². The van der Waals surface area contributed by atoms with E-state index < -0.39 is 12.0 Å². The number of allylic oxidation sites excluding steroid dienone is 1. The van der Waals surface area contributed by atoms with Crippen molar-refractivity contribution in [1.82, 2.24) is 4.57 Å². The molecule has 9 heteroatoms. The van der Waals surface area contributed by atoms with Crippen LogP contribution in [0.4, 0.5) is 0 Å². The van der Waals surface area contributed by atoms with E-state index >= 15 is 0 Å². The molecule has 0 fully saturated rings. The van der Waals surface area contributed by atoms with E-state index in [2.05, 4.69) is 20.9 Å². The highest BCUT2D eigenvalue weighted by Crippen LogP contribution is 2.31. The predicted molar refractivity (Wildman–Crippen MR) is 134 cm³/mol. The zero-order valence-corrected chi connectivity index (χ0v) is 21.3. The summed E-state index contributed by atoms with van der Waals surface area (Å²) in [4.78, 5) is 31.6. The second-order valence-electron chi connectivity index (χ2n) is 7.52. The van der Waals surface area contributed by atoms with Crippen molar-refractivity contribution in [2.75, 3.05) is 13.2 Å². The van der Waals surface area contributed by atoms with Gasteiger partial charge < -0.3 is 14.6 Å². The Morgan fingerprint density at radius 1 is 1.21 bits per heavy atom. The molecule has 3 aromatic rings. The number of hydrogen-bond donors (Lipinski definition) is 1. The Morgan fingerprint density at radius 3 is 2.59 bits per heavy atom. The predicted octanol–water partition coefficient (Wildman–Crippen LogP) is 3.67. The van der Waals surface area contributed by atoms with E-state index in [-0.39, 0.29) is 17.9 Å². The molecule has 0 amide bonds. The molecule has 0 unspecified atom stereocenters. The third-order valence-electron chi connectivity index (χ3n) is 5.29. The van der Waals surface area contributed by atoms with Crippen LogP contribution in [0.1, 0.15) is 37.9 Å². The molecular weight excluding hydrogens is 520 g/mol. The van der Waals surface area contributed by atoms with Gasteiger partial charge in [-0.15, -0.1) is 0 Å². The van der Waals surface area contributed by atoms with Crippen molar-refractivity contribution in [3.8, 4) is 11.5 Å². The molecule has 176 valence electrons. The van der Waals surface area contributed by atoms with Crippen LogP contribution in [0.3, 0.4) is 0 Å². The molecule has 0 spiro atoms. The minimum atomic E-state index is -0.681. The fraction of sp³-hybridized carbons (Fsp3) is 0.240. The van der Waals surface area contributed by atoms with Crippen molar-refractivity contribution < 1.29 is 19.4 Å². The number of phenols is 1. The lowest BCUT2D eigenvalue weighted by Crippen LogP contribution is -2.39. The molecule has 2 aromatic carbocycles. The van der Waals surface area contributed by atoms with Gasteiger partial charge in [-0.05, 0) is 78.2 Å². The third-order valence-corrected chi connectivity index (χ3v) is 6.91. The Morgan fingerprint density at radius 2 is 1.94 bits per heavy atom. The summed E-state index contributed by atoms with van der Waals surface area (Å²) in [6, 6.07) is 11.7. The van der Waals surface area contributed by atoms with E-state index in [4.69, 9.17) is 9.47 Å². The molecule has 0 aliphatic carbocycles. The molecular formula is C25H23BrN2O5S. The lowest BCUT2D eigenvalue weighted by Gasteiger charge is -2.24.